The molecular formula is C17H28N2O5S. The lowest BCUT2D eigenvalue weighted by Gasteiger charge is -2.20. The summed E-state index contributed by atoms with van der Waals surface area (Å²) in [5, 5.41) is 9.07. The summed E-state index contributed by atoms with van der Waals surface area (Å²) in [6.07, 6.45) is 1.56. The standard InChI is InChI=1S/C17H28N2O5S/c1-5-19(6-2)11-7-8-13(3)18-25(22,23)16-12-14(17(20)21)9-10-15(16)24-4/h9-10,12-13,18H,5-8,11H2,1-4H3,(H,20,21)/t13-/m0/s1. The van der Waals surface area contributed by atoms with Crippen molar-refractivity contribution in [2.75, 3.05) is 26.7 Å². The van der Waals surface area contributed by atoms with E-state index in [1.165, 1.54) is 19.2 Å². The number of nitrogens with one attached hydrogen (secondary N) is 1. The van der Waals surface area contributed by atoms with Crippen molar-refractivity contribution in [3.63, 3.8) is 0 Å². The Morgan fingerprint density at radius 2 is 1.96 bits per heavy atom. The lowest BCUT2D eigenvalue weighted by molar-refractivity contribution is 0.0696. The van der Waals surface area contributed by atoms with Gasteiger partial charge in [0.2, 0.25) is 10.0 Å². The molecule has 142 valence electrons. The van der Waals surface area contributed by atoms with Gasteiger partial charge >= 0.3 is 5.97 Å². The summed E-state index contributed by atoms with van der Waals surface area (Å²) in [6, 6.07) is 3.52. The molecule has 0 unspecified atom stereocenters. The molecule has 0 fully saturated rings. The fourth-order valence-electron chi connectivity index (χ4n) is 2.57. The van der Waals surface area contributed by atoms with Crippen LogP contribution in [-0.2, 0) is 10.0 Å². The maximum Gasteiger partial charge on any atom is 0.335 e. The highest BCUT2D eigenvalue weighted by atomic mass is 32.2. The molecule has 0 saturated heterocycles. The number of nitrogens with zero attached hydrogens (tertiary/aromatic N) is 1. The van der Waals surface area contributed by atoms with E-state index in [2.05, 4.69) is 23.5 Å². The molecule has 2 N–H and O–H groups in total. The molecule has 0 heterocycles. The maximum atomic E-state index is 12.6. The Bertz CT molecular complexity index is 672. The van der Waals surface area contributed by atoms with Crippen molar-refractivity contribution in [3.05, 3.63) is 23.8 Å². The molecule has 0 aliphatic heterocycles. The van der Waals surface area contributed by atoms with Gasteiger partial charge in [0.1, 0.15) is 10.6 Å². The van der Waals surface area contributed by atoms with E-state index in [1.807, 2.05) is 0 Å². The third kappa shape index (κ3) is 6.30. The van der Waals surface area contributed by atoms with Gasteiger partial charge in [-0.25, -0.2) is 17.9 Å². The average molecular weight is 372 g/mol. The topological polar surface area (TPSA) is 95.9 Å². The third-order valence-electron chi connectivity index (χ3n) is 4.06. The smallest absolute Gasteiger partial charge is 0.335 e. The number of ether oxygens (including phenoxy) is 1. The minimum atomic E-state index is -3.87. The van der Waals surface area contributed by atoms with Crippen LogP contribution in [0.2, 0.25) is 0 Å². The highest BCUT2D eigenvalue weighted by Gasteiger charge is 2.23. The second kappa shape index (κ2) is 9.74. The van der Waals surface area contributed by atoms with Crippen molar-refractivity contribution in [2.24, 2.45) is 0 Å². The molecule has 1 aromatic rings. The number of rotatable bonds is 11. The first kappa shape index (κ1) is 21.4. The zero-order valence-electron chi connectivity index (χ0n) is 15.3. The molecule has 0 bridgehead atoms. The Labute approximate surface area is 150 Å². The van der Waals surface area contributed by atoms with Gasteiger partial charge in [0.15, 0.2) is 0 Å². The molecule has 25 heavy (non-hydrogen) atoms. The van der Waals surface area contributed by atoms with Crippen molar-refractivity contribution in [2.45, 2.75) is 44.6 Å². The Balaban J connectivity index is 2.83. The van der Waals surface area contributed by atoms with Crippen LogP contribution >= 0.6 is 0 Å². The minimum absolute atomic E-state index is 0.102. The van der Waals surface area contributed by atoms with Gasteiger partial charge in [0.25, 0.3) is 0 Å². The van der Waals surface area contributed by atoms with Gasteiger partial charge in [-0.05, 0) is 57.6 Å². The molecular weight excluding hydrogens is 344 g/mol. The molecule has 8 heteroatoms. The average Bonchev–Trinajstić information content (AvgIpc) is 2.57. The second-order valence-electron chi connectivity index (χ2n) is 5.86. The molecule has 0 spiro atoms. The number of carboxylic acid groups (broad SMARTS) is 1. The third-order valence-corrected chi connectivity index (χ3v) is 5.67. The van der Waals surface area contributed by atoms with Crippen LogP contribution in [0.1, 0.15) is 44.0 Å². The van der Waals surface area contributed by atoms with E-state index >= 15 is 0 Å². The van der Waals surface area contributed by atoms with Crippen LogP contribution in [0.5, 0.6) is 5.75 Å². The molecule has 1 rings (SSSR count). The number of benzene rings is 1. The first-order valence-corrected chi connectivity index (χ1v) is 9.89. The molecule has 0 amide bonds. The normalized spacial score (nSPS) is 13.0. The quantitative estimate of drug-likeness (QED) is 0.618. The Hall–Kier alpha value is -1.64. The molecule has 1 aromatic carbocycles. The van der Waals surface area contributed by atoms with Crippen LogP contribution in [0, 0.1) is 0 Å². The molecule has 0 saturated carbocycles. The Morgan fingerprint density at radius 1 is 1.32 bits per heavy atom. The van der Waals surface area contributed by atoms with Crippen LogP contribution < -0.4 is 9.46 Å². The lowest BCUT2D eigenvalue weighted by atomic mass is 10.2. The number of carbonyl (C=O) groups is 1. The van der Waals surface area contributed by atoms with Crippen LogP contribution in [0.3, 0.4) is 0 Å². The van der Waals surface area contributed by atoms with Crippen LogP contribution in [-0.4, -0.2) is 57.2 Å². The summed E-state index contributed by atoms with van der Waals surface area (Å²) in [4.78, 5) is 13.2. The maximum absolute atomic E-state index is 12.6. The van der Waals surface area contributed by atoms with Crippen LogP contribution in [0.4, 0.5) is 0 Å². The van der Waals surface area contributed by atoms with E-state index in [0.717, 1.165) is 32.1 Å². The van der Waals surface area contributed by atoms with Gasteiger partial charge < -0.3 is 14.7 Å². The highest BCUT2D eigenvalue weighted by molar-refractivity contribution is 7.89. The number of hydrogen-bond donors (Lipinski definition) is 2. The minimum Gasteiger partial charge on any atom is -0.495 e. The SMILES string of the molecule is CCN(CC)CCC[C@H](C)NS(=O)(=O)c1cc(C(=O)O)ccc1OC. The summed E-state index contributed by atoms with van der Waals surface area (Å²) in [7, 11) is -2.52. The molecule has 0 radical (unpaired) electrons. The van der Waals surface area contributed by atoms with Crippen molar-refractivity contribution >= 4 is 16.0 Å². The largest absolute Gasteiger partial charge is 0.495 e. The Morgan fingerprint density at radius 3 is 2.48 bits per heavy atom. The van der Waals surface area contributed by atoms with Crippen LogP contribution in [0.15, 0.2) is 23.1 Å². The summed E-state index contributed by atoms with van der Waals surface area (Å²) < 4.78 is 32.9. The molecule has 0 aliphatic carbocycles. The van der Waals surface area contributed by atoms with Crippen molar-refractivity contribution in [1.82, 2.24) is 9.62 Å². The zero-order valence-corrected chi connectivity index (χ0v) is 16.1. The number of methoxy groups -OCH3 is 1. The fourth-order valence-corrected chi connectivity index (χ4v) is 4.04. The van der Waals surface area contributed by atoms with Gasteiger partial charge in [-0.15, -0.1) is 0 Å². The summed E-state index contributed by atoms with van der Waals surface area (Å²) in [5.74, 6) is -1.07. The first-order valence-electron chi connectivity index (χ1n) is 8.41. The van der Waals surface area contributed by atoms with E-state index < -0.39 is 16.0 Å². The van der Waals surface area contributed by atoms with E-state index in [4.69, 9.17) is 9.84 Å². The van der Waals surface area contributed by atoms with E-state index in [9.17, 15) is 13.2 Å². The molecule has 0 aromatic heterocycles. The van der Waals surface area contributed by atoms with E-state index in [-0.39, 0.29) is 22.3 Å². The van der Waals surface area contributed by atoms with Crippen LogP contribution in [0.25, 0.3) is 0 Å². The second-order valence-corrected chi connectivity index (χ2v) is 7.54. The van der Waals surface area contributed by atoms with Crippen molar-refractivity contribution in [1.29, 1.82) is 0 Å². The number of aromatic carboxylic acids is 1. The van der Waals surface area contributed by atoms with Gasteiger partial charge in [-0.3, -0.25) is 0 Å². The van der Waals surface area contributed by atoms with Gasteiger partial charge in [0, 0.05) is 6.04 Å². The Kier molecular flexibility index (Phi) is 8.34. The summed E-state index contributed by atoms with van der Waals surface area (Å²) in [6.45, 7) is 8.84. The first-order chi connectivity index (χ1) is 11.7. The summed E-state index contributed by atoms with van der Waals surface area (Å²) in [5.41, 5.74) is -0.102. The van der Waals surface area contributed by atoms with E-state index in [0.29, 0.717) is 6.42 Å². The predicted octanol–water partition coefficient (Wildman–Crippen LogP) is 2.18. The monoisotopic (exact) mass is 372 g/mol. The molecule has 7 nitrogen and oxygen atoms in total. The van der Waals surface area contributed by atoms with Gasteiger partial charge in [-0.2, -0.15) is 0 Å². The number of sulfonamides is 1. The fraction of sp³-hybridized carbons (Fsp3) is 0.588. The highest BCUT2D eigenvalue weighted by Crippen LogP contribution is 2.25. The molecule has 1 atom stereocenters. The van der Waals surface area contributed by atoms with Crippen molar-refractivity contribution in [3.8, 4) is 5.75 Å². The number of carboxylic acids is 1. The van der Waals surface area contributed by atoms with Gasteiger partial charge in [-0.1, -0.05) is 13.8 Å². The van der Waals surface area contributed by atoms with Crippen molar-refractivity contribution < 1.29 is 23.1 Å². The predicted molar refractivity (Wildman–Crippen MR) is 96.8 cm³/mol. The van der Waals surface area contributed by atoms with E-state index in [1.54, 1.807) is 6.92 Å². The molecule has 0 aliphatic rings. The lowest BCUT2D eigenvalue weighted by Crippen LogP contribution is -2.34. The zero-order chi connectivity index (χ0) is 19.0. The van der Waals surface area contributed by atoms with Gasteiger partial charge in [0.05, 0.1) is 12.7 Å². The summed E-state index contributed by atoms with van der Waals surface area (Å²) >= 11 is 0. The number of hydrogen-bond acceptors (Lipinski definition) is 5.